The summed E-state index contributed by atoms with van der Waals surface area (Å²) in [6, 6.07) is 21.5. The first kappa shape index (κ1) is 59.1. The summed E-state index contributed by atoms with van der Waals surface area (Å²) in [5, 5.41) is 18.6. The first-order valence-electron chi connectivity index (χ1n) is 17.3. The molecule has 0 saturated heterocycles. The number of esters is 2. The summed E-state index contributed by atoms with van der Waals surface area (Å²) in [5.74, 6) is 0.0276. The van der Waals surface area contributed by atoms with Gasteiger partial charge in [0.15, 0.2) is 23.5 Å². The third-order valence-corrected chi connectivity index (χ3v) is 6.31. The van der Waals surface area contributed by atoms with E-state index in [1.54, 1.807) is 85.7 Å². The van der Waals surface area contributed by atoms with E-state index in [4.69, 9.17) is 35.0 Å². The second-order valence-electron chi connectivity index (χ2n) is 10.4. The van der Waals surface area contributed by atoms with Gasteiger partial charge in [0.05, 0.1) is 25.6 Å². The summed E-state index contributed by atoms with van der Waals surface area (Å²) in [6.45, 7) is 5.38. The number of aromatic nitrogens is 8. The largest absolute Gasteiger partial charge is 1.00 e. The van der Waals surface area contributed by atoms with E-state index in [0.717, 1.165) is 7.11 Å². The predicted molar refractivity (Wildman–Crippen MR) is 220 cm³/mol. The number of imidazole rings is 2. The summed E-state index contributed by atoms with van der Waals surface area (Å²) < 4.78 is 17.7. The fourth-order valence-electron chi connectivity index (χ4n) is 3.85. The fraction of sp³-hybridized carbons (Fsp3) is 0.205. The molecule has 8 N–H and O–H groups in total. The van der Waals surface area contributed by atoms with Crippen LogP contribution in [0.25, 0.3) is 11.6 Å². The molecule has 0 bridgehead atoms. The van der Waals surface area contributed by atoms with Crippen LogP contribution < -0.4 is 29.9 Å². The van der Waals surface area contributed by atoms with E-state index in [9.17, 15) is 19.2 Å². The maximum absolute atomic E-state index is 11.6. The van der Waals surface area contributed by atoms with Gasteiger partial charge in [-0.2, -0.15) is 0 Å². The quantitative estimate of drug-likeness (QED) is 0.0419. The van der Waals surface area contributed by atoms with Crippen LogP contribution in [0, 0.1) is 0 Å². The zero-order chi connectivity index (χ0) is 43.8. The number of rotatable bonds is 11. The third kappa shape index (κ3) is 22.8. The van der Waals surface area contributed by atoms with Crippen LogP contribution >= 0.6 is 0 Å². The number of hydrogen-bond acceptors (Lipinski definition) is 18. The predicted octanol–water partition coefficient (Wildman–Crippen LogP) is -0.512. The molecule has 62 heavy (non-hydrogen) atoms. The van der Waals surface area contributed by atoms with Crippen molar-refractivity contribution in [2.75, 3.05) is 38.5 Å². The number of carbonyl (C=O) groups excluding carboxylic acids is 4. The number of nitrogen functional groups attached to an aromatic ring is 1. The molecule has 0 aliphatic carbocycles. The van der Waals surface area contributed by atoms with E-state index in [-0.39, 0.29) is 41.8 Å². The molecule has 1 unspecified atom stereocenters. The number of hydrogen-bond donors (Lipinski definition) is 4. The number of aromatic carboxylic acids is 1. The fourth-order valence-corrected chi connectivity index (χ4v) is 3.85. The second kappa shape index (κ2) is 35.7. The number of carboxylic acid groups (broad SMARTS) is 1. The number of ketones is 1. The molecule has 0 radical (unpaired) electrons. The van der Waals surface area contributed by atoms with Gasteiger partial charge < -0.3 is 46.4 Å². The Labute approximate surface area is 369 Å². The molecule has 0 fully saturated rings. The molecule has 0 amide bonds. The van der Waals surface area contributed by atoms with Crippen LogP contribution in [0.3, 0.4) is 0 Å². The minimum absolute atomic E-state index is 0. The second-order valence-corrected chi connectivity index (χ2v) is 10.4. The van der Waals surface area contributed by atoms with E-state index in [1.165, 1.54) is 43.6 Å². The Balaban J connectivity index is -0.000000717. The van der Waals surface area contributed by atoms with Gasteiger partial charge in [0.1, 0.15) is 35.9 Å². The van der Waals surface area contributed by atoms with E-state index in [1.807, 2.05) is 30.3 Å². The normalized spacial score (nSPS) is 9.32. The van der Waals surface area contributed by atoms with Crippen molar-refractivity contribution in [3.8, 4) is 11.6 Å². The molecule has 6 rings (SSSR count). The zero-order valence-electron chi connectivity index (χ0n) is 34.9. The molecule has 6 heterocycles. The number of nitrogens with two attached hydrogens (primary N) is 1. The van der Waals surface area contributed by atoms with E-state index in [2.05, 4.69) is 35.2 Å². The van der Waals surface area contributed by atoms with Gasteiger partial charge in [0, 0.05) is 45.9 Å². The smallest absolute Gasteiger partial charge is 0.870 e. The van der Waals surface area contributed by atoms with Gasteiger partial charge in [-0.25, -0.2) is 44.3 Å². The van der Waals surface area contributed by atoms with Crippen molar-refractivity contribution in [1.82, 2.24) is 39.0 Å². The van der Waals surface area contributed by atoms with E-state index in [0.29, 0.717) is 42.2 Å². The van der Waals surface area contributed by atoms with E-state index >= 15 is 0 Å². The Bertz CT molecular complexity index is 2080. The number of aliphatic hydroxyl groups is 1. The Morgan fingerprint density at radius 3 is 1.56 bits per heavy atom. The van der Waals surface area contributed by atoms with Crippen molar-refractivity contribution in [1.29, 1.82) is 0 Å². The molecule has 0 saturated carbocycles. The maximum Gasteiger partial charge on any atom is 1.00 e. The van der Waals surface area contributed by atoms with Crippen LogP contribution in [0.2, 0.25) is 0 Å². The van der Waals surface area contributed by atoms with Crippen LogP contribution in [0.4, 0.5) is 11.6 Å². The average molecular weight is 857 g/mol. The topological polar surface area (TPSA) is 340 Å². The number of pyridine rings is 4. The van der Waals surface area contributed by atoms with Crippen LogP contribution in [0.5, 0.6) is 0 Å². The summed E-state index contributed by atoms with van der Waals surface area (Å²) in [6.07, 6.45) is 11.7. The van der Waals surface area contributed by atoms with Gasteiger partial charge >= 0.3 is 36.8 Å². The van der Waals surface area contributed by atoms with Crippen molar-refractivity contribution in [2.24, 2.45) is 0 Å². The Morgan fingerprint density at radius 1 is 0.758 bits per heavy atom. The molecular weight excluding hydrogens is 807 g/mol. The molecule has 22 nitrogen and oxygen atoms in total. The van der Waals surface area contributed by atoms with Gasteiger partial charge in [-0.15, -0.1) is 0 Å². The summed E-state index contributed by atoms with van der Waals surface area (Å²) >= 11 is 0. The number of carbonyl (C=O) groups is 5. The standard InChI is InChI=1S/C11H11N3O2.C10H14N2O3.C9H7N3O2.C5H6N2.C3H4O2.CH4O.Li.2H2O/c1-2-16-11(15)9-7-12-8-14(9)10-5-3-4-6-13-10;1-3-15-10(13)9(14-2)12-8-6-4-5-7-11-8;13-9(14)7-5-10-6-12(7)8-3-1-2-4-11-8;6-5-3-1-2-4-7-5;1-3(5)2-4;1-2;;;/h3-8H,2H2,1H3;4-7,9H,3H2,1-2H3,(H,11,12);1-6H,(H,13,14);1-4H,(H2,6,7);2H,1H3;2H,1H3;;2*1H2/q;;;;;;+1;;/p-1. The van der Waals surface area contributed by atoms with Crippen molar-refractivity contribution in [3.05, 3.63) is 134 Å². The van der Waals surface area contributed by atoms with Gasteiger partial charge in [-0.1, -0.05) is 24.3 Å². The number of anilines is 2. The Hall–Kier alpha value is -7.19. The summed E-state index contributed by atoms with van der Waals surface area (Å²) in [7, 11) is 2.43. The number of Topliss-reactive ketones (excluding diaryl/α,β-unsaturated/α-hetero) is 1. The molecule has 0 aliphatic heterocycles. The average Bonchev–Trinajstić information content (AvgIpc) is 3.98. The number of ether oxygens (including phenoxy) is 3. The molecule has 23 heteroatoms. The number of carboxylic acids is 1. The Kier molecular flexibility index (Phi) is 34.1. The van der Waals surface area contributed by atoms with Crippen molar-refractivity contribution >= 4 is 41.6 Å². The molecule has 0 aliphatic rings. The minimum Gasteiger partial charge on any atom is -0.870 e. The van der Waals surface area contributed by atoms with Crippen LogP contribution in [0.1, 0.15) is 41.7 Å². The zero-order valence-corrected chi connectivity index (χ0v) is 34.9. The van der Waals surface area contributed by atoms with E-state index < -0.39 is 29.9 Å². The summed E-state index contributed by atoms with van der Waals surface area (Å²) in [5.41, 5.74) is 5.72. The van der Waals surface area contributed by atoms with Crippen LogP contribution in [0.15, 0.2) is 123 Å². The van der Waals surface area contributed by atoms with Crippen molar-refractivity contribution < 1.29 is 78.2 Å². The number of methoxy groups -OCH3 is 1. The molecular formula is C39H49LiN10O12. The van der Waals surface area contributed by atoms with Gasteiger partial charge in [0.25, 0.3) is 0 Å². The van der Waals surface area contributed by atoms with Crippen LogP contribution in [-0.4, -0.2) is 124 Å². The molecule has 6 aromatic heterocycles. The molecule has 0 spiro atoms. The van der Waals surface area contributed by atoms with Gasteiger partial charge in [-0.05, 0) is 62.4 Å². The van der Waals surface area contributed by atoms with Gasteiger partial charge in [0.2, 0.25) is 6.23 Å². The minimum atomic E-state index is -1.02. The molecule has 1 atom stereocenters. The number of nitrogens with zero attached hydrogens (tertiary/aromatic N) is 8. The number of nitrogens with one attached hydrogen (secondary N) is 1. The number of aldehydes is 1. The first-order chi connectivity index (χ1) is 28.6. The molecule has 0 aromatic carbocycles. The van der Waals surface area contributed by atoms with Crippen molar-refractivity contribution in [3.63, 3.8) is 0 Å². The monoisotopic (exact) mass is 856 g/mol. The third-order valence-electron chi connectivity index (χ3n) is 6.31. The van der Waals surface area contributed by atoms with Gasteiger partial charge in [-0.3, -0.25) is 18.7 Å². The maximum atomic E-state index is 11.6. The summed E-state index contributed by atoms with van der Waals surface area (Å²) in [4.78, 5) is 75.9. The SMILES string of the molecule is CC(=O)C=O.CCOC(=O)C(Nc1ccccn1)OC.CCOC(=O)c1cncn1-c1ccccn1.CO.Nc1ccccn1.O.O=C(O)c1cncn1-c1ccccn1.[Li+].[OH-]. The molecule has 6 aromatic rings. The first-order valence-corrected chi connectivity index (χ1v) is 17.3. The van der Waals surface area contributed by atoms with Crippen molar-refractivity contribution in [2.45, 2.75) is 27.0 Å². The molecule has 328 valence electrons. The van der Waals surface area contributed by atoms with Crippen LogP contribution in [-0.2, 0) is 28.6 Å². The Morgan fingerprint density at radius 2 is 1.21 bits per heavy atom. The number of aliphatic hydroxyl groups excluding tert-OH is 1.